The zero-order valence-electron chi connectivity index (χ0n) is 15.4. The SMILES string of the molecule is COc1c(-c2cnco2)ccc(NN(C(=O)O)C(C=O)CC(C)C)c1CO. The summed E-state index contributed by atoms with van der Waals surface area (Å²) in [7, 11) is 1.43. The Balaban J connectivity index is 2.44. The van der Waals surface area contributed by atoms with E-state index in [1.807, 2.05) is 13.8 Å². The van der Waals surface area contributed by atoms with Crippen LogP contribution in [0, 0.1) is 5.92 Å². The van der Waals surface area contributed by atoms with Crippen molar-refractivity contribution in [2.75, 3.05) is 12.5 Å². The molecule has 1 heterocycles. The number of carbonyl (C=O) groups is 2. The number of amides is 1. The molecule has 0 aliphatic heterocycles. The summed E-state index contributed by atoms with van der Waals surface area (Å²) in [5, 5.41) is 20.2. The molecule has 9 nitrogen and oxygen atoms in total. The van der Waals surface area contributed by atoms with Crippen LogP contribution in [0.3, 0.4) is 0 Å². The third-order valence-electron chi connectivity index (χ3n) is 3.97. The second-order valence-corrected chi connectivity index (χ2v) is 6.29. The molecule has 1 unspecified atom stereocenters. The number of nitrogens with zero attached hydrogens (tertiary/aromatic N) is 2. The van der Waals surface area contributed by atoms with Crippen LogP contribution in [0.5, 0.6) is 5.75 Å². The van der Waals surface area contributed by atoms with E-state index in [4.69, 9.17) is 9.15 Å². The normalized spacial score (nSPS) is 11.9. The molecule has 146 valence electrons. The Morgan fingerprint density at radius 2 is 2.19 bits per heavy atom. The van der Waals surface area contributed by atoms with Crippen molar-refractivity contribution >= 4 is 18.1 Å². The molecule has 9 heteroatoms. The lowest BCUT2D eigenvalue weighted by Crippen LogP contribution is -2.45. The zero-order valence-corrected chi connectivity index (χ0v) is 15.4. The van der Waals surface area contributed by atoms with Gasteiger partial charge in [-0.15, -0.1) is 0 Å². The topological polar surface area (TPSA) is 125 Å². The van der Waals surface area contributed by atoms with E-state index in [9.17, 15) is 19.8 Å². The van der Waals surface area contributed by atoms with Gasteiger partial charge in [0.1, 0.15) is 18.1 Å². The van der Waals surface area contributed by atoms with E-state index in [1.54, 1.807) is 12.1 Å². The van der Waals surface area contributed by atoms with Crippen LogP contribution in [0.15, 0.2) is 29.1 Å². The Hall–Kier alpha value is -3.07. The summed E-state index contributed by atoms with van der Waals surface area (Å²) in [6.45, 7) is 3.37. The van der Waals surface area contributed by atoms with Gasteiger partial charge in [0, 0.05) is 5.56 Å². The first kappa shape index (κ1) is 20.2. The number of nitrogens with one attached hydrogen (secondary N) is 1. The number of oxazole rings is 1. The summed E-state index contributed by atoms with van der Waals surface area (Å²) in [5.41, 5.74) is 3.90. The number of anilines is 1. The maximum atomic E-state index is 11.7. The Morgan fingerprint density at radius 1 is 1.44 bits per heavy atom. The largest absolute Gasteiger partial charge is 0.496 e. The van der Waals surface area contributed by atoms with Crippen molar-refractivity contribution in [3.05, 3.63) is 30.3 Å². The van der Waals surface area contributed by atoms with E-state index in [0.717, 1.165) is 5.01 Å². The van der Waals surface area contributed by atoms with Gasteiger partial charge in [-0.3, -0.25) is 5.43 Å². The molecule has 2 rings (SSSR count). The standard InChI is InChI=1S/C18H23N3O6/c1-11(2)6-12(8-22)21(18(24)25)20-15-5-4-13(16-7-19-10-27-16)17(26-3)14(15)9-23/h4-5,7-8,10-12,20,23H,6,9H2,1-3H3,(H,24,25). The van der Waals surface area contributed by atoms with Crippen molar-refractivity contribution in [2.24, 2.45) is 5.92 Å². The zero-order chi connectivity index (χ0) is 20.0. The molecule has 1 amide bonds. The van der Waals surface area contributed by atoms with Crippen LogP contribution in [0.4, 0.5) is 10.5 Å². The molecule has 0 saturated heterocycles. The van der Waals surface area contributed by atoms with E-state index in [-0.39, 0.29) is 5.92 Å². The summed E-state index contributed by atoms with van der Waals surface area (Å²) in [4.78, 5) is 27.0. The number of hydrogen-bond acceptors (Lipinski definition) is 7. The number of rotatable bonds is 9. The predicted octanol–water partition coefficient (Wildman–Crippen LogP) is 2.76. The van der Waals surface area contributed by atoms with Gasteiger partial charge in [-0.05, 0) is 24.5 Å². The van der Waals surface area contributed by atoms with Crippen molar-refractivity contribution in [1.82, 2.24) is 9.99 Å². The van der Waals surface area contributed by atoms with Crippen LogP contribution >= 0.6 is 0 Å². The first-order valence-electron chi connectivity index (χ1n) is 8.36. The molecular weight excluding hydrogens is 354 g/mol. The van der Waals surface area contributed by atoms with E-state index >= 15 is 0 Å². The van der Waals surface area contributed by atoms with Gasteiger partial charge in [0.15, 0.2) is 12.2 Å². The summed E-state index contributed by atoms with van der Waals surface area (Å²) in [6.07, 6.45) is 2.40. The number of aldehydes is 1. The lowest BCUT2D eigenvalue weighted by atomic mass is 10.0. The van der Waals surface area contributed by atoms with Gasteiger partial charge in [-0.2, -0.15) is 0 Å². The Kier molecular flexibility index (Phi) is 6.78. The monoisotopic (exact) mass is 377 g/mol. The number of carbonyl (C=O) groups excluding carboxylic acids is 1. The lowest BCUT2D eigenvalue weighted by Gasteiger charge is -2.29. The third kappa shape index (κ3) is 4.56. The number of ether oxygens (including phenoxy) is 1. The molecular formula is C18H23N3O6. The quantitative estimate of drug-likeness (QED) is 0.450. The fourth-order valence-electron chi connectivity index (χ4n) is 2.77. The van der Waals surface area contributed by atoms with Crippen molar-refractivity contribution in [1.29, 1.82) is 0 Å². The second kappa shape index (κ2) is 9.04. The van der Waals surface area contributed by atoms with E-state index in [1.165, 1.54) is 19.7 Å². The Bertz CT molecular complexity index is 776. The highest BCUT2D eigenvalue weighted by atomic mass is 16.5. The molecule has 2 aromatic rings. The highest BCUT2D eigenvalue weighted by Gasteiger charge is 2.26. The number of aliphatic hydroxyl groups is 1. The summed E-state index contributed by atoms with van der Waals surface area (Å²) >= 11 is 0. The molecule has 1 atom stereocenters. The van der Waals surface area contributed by atoms with Gasteiger partial charge < -0.3 is 24.2 Å². The van der Waals surface area contributed by atoms with Gasteiger partial charge >= 0.3 is 6.09 Å². The molecule has 0 aliphatic rings. The molecule has 0 bridgehead atoms. The minimum absolute atomic E-state index is 0.115. The minimum atomic E-state index is -1.31. The molecule has 1 aromatic heterocycles. The van der Waals surface area contributed by atoms with E-state index in [2.05, 4.69) is 10.4 Å². The van der Waals surface area contributed by atoms with Crippen molar-refractivity contribution in [3.63, 3.8) is 0 Å². The first-order valence-corrected chi connectivity index (χ1v) is 8.36. The van der Waals surface area contributed by atoms with Crippen LogP contribution in [-0.2, 0) is 11.4 Å². The Morgan fingerprint density at radius 3 is 2.67 bits per heavy atom. The van der Waals surface area contributed by atoms with Crippen LogP contribution in [0.1, 0.15) is 25.8 Å². The van der Waals surface area contributed by atoms with Gasteiger partial charge in [0.2, 0.25) is 0 Å². The fraction of sp³-hybridized carbons (Fsp3) is 0.389. The average Bonchev–Trinajstić information content (AvgIpc) is 3.17. The highest BCUT2D eigenvalue weighted by Crippen LogP contribution is 2.37. The van der Waals surface area contributed by atoms with Gasteiger partial charge in [0.25, 0.3) is 0 Å². The van der Waals surface area contributed by atoms with Crippen molar-refractivity contribution < 1.29 is 29.0 Å². The number of carboxylic acid groups (broad SMARTS) is 1. The minimum Gasteiger partial charge on any atom is -0.496 e. The van der Waals surface area contributed by atoms with Gasteiger partial charge in [-0.25, -0.2) is 14.8 Å². The second-order valence-electron chi connectivity index (χ2n) is 6.29. The molecule has 27 heavy (non-hydrogen) atoms. The predicted molar refractivity (Wildman–Crippen MR) is 97.2 cm³/mol. The summed E-state index contributed by atoms with van der Waals surface area (Å²) in [5.74, 6) is 0.870. The number of methoxy groups -OCH3 is 1. The maximum absolute atomic E-state index is 11.7. The summed E-state index contributed by atoms with van der Waals surface area (Å²) in [6, 6.07) is 2.35. The number of hydrogen-bond donors (Lipinski definition) is 3. The smallest absolute Gasteiger partial charge is 0.426 e. The highest BCUT2D eigenvalue weighted by molar-refractivity contribution is 5.77. The van der Waals surface area contributed by atoms with Crippen LogP contribution in [0.2, 0.25) is 0 Å². The molecule has 0 spiro atoms. The van der Waals surface area contributed by atoms with E-state index in [0.29, 0.717) is 41.0 Å². The Labute approximate surface area is 156 Å². The van der Waals surface area contributed by atoms with Crippen LogP contribution in [-0.4, -0.2) is 45.7 Å². The van der Waals surface area contributed by atoms with Gasteiger partial charge in [0.05, 0.1) is 31.2 Å². The molecule has 0 saturated carbocycles. The van der Waals surface area contributed by atoms with Gasteiger partial charge in [-0.1, -0.05) is 13.8 Å². The number of aromatic nitrogens is 1. The average molecular weight is 377 g/mol. The number of hydrazine groups is 1. The third-order valence-corrected chi connectivity index (χ3v) is 3.97. The van der Waals surface area contributed by atoms with Crippen molar-refractivity contribution in [2.45, 2.75) is 32.9 Å². The molecule has 0 fully saturated rings. The fourth-order valence-corrected chi connectivity index (χ4v) is 2.77. The number of benzene rings is 1. The summed E-state index contributed by atoms with van der Waals surface area (Å²) < 4.78 is 10.7. The van der Waals surface area contributed by atoms with Crippen LogP contribution < -0.4 is 10.2 Å². The molecule has 3 N–H and O–H groups in total. The van der Waals surface area contributed by atoms with Crippen LogP contribution in [0.25, 0.3) is 11.3 Å². The number of aliphatic hydroxyl groups excluding tert-OH is 1. The first-order chi connectivity index (χ1) is 12.9. The van der Waals surface area contributed by atoms with Crippen molar-refractivity contribution in [3.8, 4) is 17.1 Å². The lowest BCUT2D eigenvalue weighted by molar-refractivity contribution is -0.112. The maximum Gasteiger partial charge on any atom is 0.426 e. The molecule has 0 radical (unpaired) electrons. The molecule has 0 aliphatic carbocycles. The molecule has 1 aromatic carbocycles. The van der Waals surface area contributed by atoms with E-state index < -0.39 is 18.7 Å².